The lowest BCUT2D eigenvalue weighted by molar-refractivity contribution is -0.123. The lowest BCUT2D eigenvalue weighted by atomic mass is 9.86. The van der Waals surface area contributed by atoms with E-state index in [4.69, 9.17) is 0 Å². The molecule has 0 radical (unpaired) electrons. The van der Waals surface area contributed by atoms with E-state index in [0.29, 0.717) is 11.9 Å². The van der Waals surface area contributed by atoms with Crippen molar-refractivity contribution in [3.05, 3.63) is 40.3 Å². The number of anilines is 1. The second kappa shape index (κ2) is 7.17. The van der Waals surface area contributed by atoms with Crippen LogP contribution in [-0.2, 0) is 11.3 Å². The third-order valence-electron chi connectivity index (χ3n) is 6.26. The Kier molecular flexibility index (Phi) is 4.49. The summed E-state index contributed by atoms with van der Waals surface area (Å²) in [7, 11) is 0. The summed E-state index contributed by atoms with van der Waals surface area (Å²) in [6.45, 7) is 3.65. The van der Waals surface area contributed by atoms with Crippen LogP contribution in [-0.4, -0.2) is 45.2 Å². The number of aromatic nitrogens is 3. The van der Waals surface area contributed by atoms with Gasteiger partial charge in [-0.15, -0.1) is 5.10 Å². The third-order valence-corrected chi connectivity index (χ3v) is 6.26. The first kappa shape index (κ1) is 18.1. The van der Waals surface area contributed by atoms with Gasteiger partial charge in [0.2, 0.25) is 11.9 Å². The van der Waals surface area contributed by atoms with Crippen molar-refractivity contribution in [2.24, 2.45) is 10.9 Å². The fourth-order valence-corrected chi connectivity index (χ4v) is 4.69. The molecule has 8 nitrogen and oxygen atoms in total. The normalized spacial score (nSPS) is 22.9. The van der Waals surface area contributed by atoms with Crippen molar-refractivity contribution in [2.45, 2.75) is 51.6 Å². The highest BCUT2D eigenvalue weighted by Gasteiger charge is 2.33. The van der Waals surface area contributed by atoms with Crippen LogP contribution in [0.25, 0.3) is 5.69 Å². The van der Waals surface area contributed by atoms with E-state index in [2.05, 4.69) is 22.3 Å². The summed E-state index contributed by atoms with van der Waals surface area (Å²) >= 11 is 0. The lowest BCUT2D eigenvalue weighted by Gasteiger charge is -2.33. The Hall–Kier alpha value is -2.90. The van der Waals surface area contributed by atoms with Gasteiger partial charge in [0.05, 0.1) is 5.69 Å². The Morgan fingerprint density at radius 2 is 2.03 bits per heavy atom. The number of carbonyl (C=O) groups is 1. The van der Waals surface area contributed by atoms with E-state index in [1.165, 1.54) is 11.1 Å². The van der Waals surface area contributed by atoms with Crippen LogP contribution in [0.15, 0.2) is 34.1 Å². The number of rotatable bonds is 3. The number of amidine groups is 1. The predicted molar refractivity (Wildman–Crippen MR) is 111 cm³/mol. The molecule has 3 aliphatic rings. The van der Waals surface area contributed by atoms with Crippen molar-refractivity contribution < 1.29 is 4.79 Å². The maximum Gasteiger partial charge on any atom is 0.352 e. The van der Waals surface area contributed by atoms with Crippen LogP contribution in [0.1, 0.15) is 44.6 Å². The van der Waals surface area contributed by atoms with E-state index in [1.54, 1.807) is 4.57 Å². The fraction of sp³-hybridized carbons (Fsp3) is 0.524. The van der Waals surface area contributed by atoms with Crippen LogP contribution < -0.4 is 15.9 Å². The number of fused-ring (bicyclic) bond motifs is 6. The molecule has 0 bridgehead atoms. The molecule has 8 heteroatoms. The molecule has 1 N–H and O–H groups in total. The molecule has 5 rings (SSSR count). The van der Waals surface area contributed by atoms with E-state index in [-0.39, 0.29) is 24.2 Å². The molecule has 0 saturated heterocycles. The monoisotopic (exact) mass is 394 g/mol. The first-order valence-corrected chi connectivity index (χ1v) is 10.5. The number of nitrogens with zero attached hydrogens (tertiary/aromatic N) is 5. The highest BCUT2D eigenvalue weighted by Crippen LogP contribution is 2.29. The number of carbonyl (C=O) groups excluding carboxylic acids is 1. The fourth-order valence-electron chi connectivity index (χ4n) is 4.69. The maximum absolute atomic E-state index is 13.2. The van der Waals surface area contributed by atoms with Crippen LogP contribution in [0.3, 0.4) is 0 Å². The van der Waals surface area contributed by atoms with Crippen LogP contribution in [0.4, 0.5) is 5.95 Å². The molecule has 2 aromatic rings. The van der Waals surface area contributed by atoms with Gasteiger partial charge < -0.3 is 5.32 Å². The van der Waals surface area contributed by atoms with Gasteiger partial charge in [-0.05, 0) is 37.3 Å². The molecule has 2 aliphatic heterocycles. The summed E-state index contributed by atoms with van der Waals surface area (Å²) in [5, 5.41) is 7.65. The molecule has 1 aliphatic carbocycles. The third kappa shape index (κ3) is 3.07. The van der Waals surface area contributed by atoms with Crippen molar-refractivity contribution in [1.29, 1.82) is 0 Å². The van der Waals surface area contributed by atoms with Gasteiger partial charge in [0.25, 0.3) is 0 Å². The minimum Gasteiger partial charge on any atom is -0.351 e. The Labute approximate surface area is 169 Å². The summed E-state index contributed by atoms with van der Waals surface area (Å²) in [4.78, 5) is 32.5. The molecular weight excluding hydrogens is 368 g/mol. The molecule has 1 fully saturated rings. The van der Waals surface area contributed by atoms with Gasteiger partial charge in [0, 0.05) is 24.7 Å². The average Bonchev–Trinajstić information content (AvgIpc) is 3.06. The van der Waals surface area contributed by atoms with E-state index < -0.39 is 0 Å². The van der Waals surface area contributed by atoms with Crippen LogP contribution >= 0.6 is 0 Å². The maximum atomic E-state index is 13.2. The van der Waals surface area contributed by atoms with E-state index in [0.717, 1.165) is 55.9 Å². The summed E-state index contributed by atoms with van der Waals surface area (Å²) in [6.07, 6.45) is 5.41. The standard InChI is InChI=1S/C21H26N6O2/c1-14-7-2-4-9-16(14)23-18(28)13-26-21(29)27-17-10-5-3-8-15(17)19-22-11-6-12-25(19)20(27)24-26/h3,5,8,10,14,16H,2,4,6-7,9,11-13H2,1H3,(H,23,28)/t14-,16+/m0/s1. The predicted octanol–water partition coefficient (Wildman–Crippen LogP) is 1.70. The molecule has 29 heavy (non-hydrogen) atoms. The average molecular weight is 394 g/mol. The van der Waals surface area contributed by atoms with Crippen LogP contribution in [0, 0.1) is 5.92 Å². The van der Waals surface area contributed by atoms with Crippen molar-refractivity contribution in [3.63, 3.8) is 0 Å². The van der Waals surface area contributed by atoms with Gasteiger partial charge in [0.15, 0.2) is 0 Å². The zero-order chi connectivity index (χ0) is 20.0. The molecule has 1 aromatic carbocycles. The number of para-hydroxylation sites is 1. The first-order valence-electron chi connectivity index (χ1n) is 10.5. The van der Waals surface area contributed by atoms with Gasteiger partial charge in [-0.2, -0.15) is 0 Å². The number of nitrogens with one attached hydrogen (secondary N) is 1. The van der Waals surface area contributed by atoms with E-state index in [9.17, 15) is 9.59 Å². The summed E-state index contributed by atoms with van der Waals surface area (Å²) in [5.41, 5.74) is 1.42. The number of hydrogen-bond donors (Lipinski definition) is 1. The minimum absolute atomic E-state index is 0.0649. The van der Waals surface area contributed by atoms with Crippen molar-refractivity contribution in [3.8, 4) is 5.69 Å². The molecule has 3 heterocycles. The summed E-state index contributed by atoms with van der Waals surface area (Å²) < 4.78 is 2.89. The highest BCUT2D eigenvalue weighted by atomic mass is 16.2. The van der Waals surface area contributed by atoms with Crippen LogP contribution in [0.5, 0.6) is 0 Å². The SMILES string of the molecule is C[C@H]1CCCC[C@H]1NC(=O)Cn1nc2n(c1=O)-c1ccccc1C1=NCCCN12. The van der Waals surface area contributed by atoms with E-state index >= 15 is 0 Å². The molecule has 0 unspecified atom stereocenters. The quantitative estimate of drug-likeness (QED) is 0.859. The summed E-state index contributed by atoms with van der Waals surface area (Å²) in [5.74, 6) is 1.73. The highest BCUT2D eigenvalue weighted by molar-refractivity contribution is 6.13. The van der Waals surface area contributed by atoms with Crippen molar-refractivity contribution >= 4 is 17.7 Å². The lowest BCUT2D eigenvalue weighted by Crippen LogP contribution is -2.44. The largest absolute Gasteiger partial charge is 0.352 e. The van der Waals surface area contributed by atoms with Gasteiger partial charge in [-0.25, -0.2) is 14.0 Å². The minimum atomic E-state index is -0.288. The van der Waals surface area contributed by atoms with Gasteiger partial charge in [-0.1, -0.05) is 31.9 Å². The molecule has 152 valence electrons. The number of aliphatic imine (C=N–C) groups is 1. The Morgan fingerprint density at radius 3 is 2.90 bits per heavy atom. The molecular formula is C21H26N6O2. The summed E-state index contributed by atoms with van der Waals surface area (Å²) in [6, 6.07) is 7.93. The Morgan fingerprint density at radius 1 is 1.21 bits per heavy atom. The van der Waals surface area contributed by atoms with E-state index in [1.807, 2.05) is 29.2 Å². The van der Waals surface area contributed by atoms with Gasteiger partial charge in [0.1, 0.15) is 12.4 Å². The second-order valence-electron chi connectivity index (χ2n) is 8.24. The first-order chi connectivity index (χ1) is 14.1. The van der Waals surface area contributed by atoms with Crippen molar-refractivity contribution in [2.75, 3.05) is 18.0 Å². The smallest absolute Gasteiger partial charge is 0.351 e. The molecule has 1 aromatic heterocycles. The second-order valence-corrected chi connectivity index (χ2v) is 8.24. The van der Waals surface area contributed by atoms with Crippen molar-refractivity contribution in [1.82, 2.24) is 19.7 Å². The molecule has 1 saturated carbocycles. The topological polar surface area (TPSA) is 84.5 Å². The Bertz CT molecular complexity index is 1040. The zero-order valence-electron chi connectivity index (χ0n) is 16.7. The molecule has 1 amide bonds. The van der Waals surface area contributed by atoms with Gasteiger partial charge >= 0.3 is 5.69 Å². The van der Waals surface area contributed by atoms with Crippen LogP contribution in [0.2, 0.25) is 0 Å². The molecule has 0 spiro atoms. The van der Waals surface area contributed by atoms with Gasteiger partial charge in [-0.3, -0.25) is 14.7 Å². The number of hydrogen-bond acceptors (Lipinski definition) is 5. The molecule has 2 atom stereocenters. The Balaban J connectivity index is 1.47. The zero-order valence-corrected chi connectivity index (χ0v) is 16.7. The number of amides is 1. The number of benzene rings is 1.